The van der Waals surface area contributed by atoms with E-state index in [-0.39, 0.29) is 17.8 Å². The molecule has 230 valence electrons. The summed E-state index contributed by atoms with van der Waals surface area (Å²) in [5.41, 5.74) is -0.793. The second kappa shape index (κ2) is 12.5. The lowest BCUT2D eigenvalue weighted by Crippen LogP contribution is -2.35. The Kier molecular flexibility index (Phi) is 9.61. The van der Waals surface area contributed by atoms with E-state index in [1.807, 2.05) is 35.3 Å². The summed E-state index contributed by atoms with van der Waals surface area (Å²) in [6.45, 7) is -1.33. The number of aliphatic hydroxyl groups excluding tert-OH is 2. The number of benzene rings is 1. The first-order valence-electron chi connectivity index (χ1n) is 11.6. The van der Waals surface area contributed by atoms with Crippen LogP contribution in [-0.2, 0) is 44.5 Å². The van der Waals surface area contributed by atoms with E-state index in [0.29, 0.717) is 12.1 Å². The highest BCUT2D eigenvalue weighted by Gasteiger charge is 2.47. The number of rotatable bonds is 12. The van der Waals surface area contributed by atoms with Gasteiger partial charge in [0.05, 0.1) is 30.1 Å². The largest absolute Gasteiger partial charge is 0.490 e. The average Bonchev–Trinajstić information content (AvgIpc) is 3.39. The van der Waals surface area contributed by atoms with Gasteiger partial charge in [0.2, 0.25) is 0 Å². The number of hydrogen-bond acceptors (Lipinski definition) is 13. The maximum atomic E-state index is 12.8. The standard InChI is InChI=1S/C19H24N5O15P3/c25-15-13(9-36-41(32,33)39-42(34,35)38-40(29,30)31)37-17(16(15)26)14-12(20-19(28)21-18(14)27)8-24-7-11(22-23-24)6-10-4-2-1-3-5-10/h1-5,7,13,15-17,25-26H,6,8-9H2,(H,32,33)(H,34,35)(H2,29,30,31)(H2,20,21,27,28)/t13-,15?,16+,17+/m1/s1. The lowest BCUT2D eigenvalue weighted by Gasteiger charge is -2.19. The average molecular weight is 655 g/mol. The molecule has 1 saturated heterocycles. The molecule has 3 heterocycles. The molecule has 1 fully saturated rings. The summed E-state index contributed by atoms with van der Waals surface area (Å²) < 4.78 is 52.7. The number of H-pyrrole nitrogens is 2. The predicted octanol–water partition coefficient (Wildman–Crippen LogP) is -1.20. The molecule has 42 heavy (non-hydrogen) atoms. The number of nitrogens with one attached hydrogen (secondary N) is 2. The van der Waals surface area contributed by atoms with Crippen LogP contribution in [0.15, 0.2) is 46.1 Å². The molecule has 0 amide bonds. The van der Waals surface area contributed by atoms with Crippen molar-refractivity contribution in [1.29, 1.82) is 0 Å². The molecule has 6 atom stereocenters. The van der Waals surface area contributed by atoms with Gasteiger partial charge in [0.1, 0.15) is 24.4 Å². The SMILES string of the molecule is O=c1[nH]c(Cn2cc(Cc3ccccc3)nn2)c([C@@H]2O[C@H](COP(=O)(O)OP(=O)(O)OP(=O)(O)O)C(O)[C@@H]2O)c(=O)[nH]1. The molecule has 1 aliphatic rings. The fraction of sp³-hybridized carbons (Fsp3) is 0.368. The Morgan fingerprint density at radius 3 is 2.31 bits per heavy atom. The smallest absolute Gasteiger partial charge is 0.387 e. The Morgan fingerprint density at radius 1 is 0.952 bits per heavy atom. The molecule has 0 radical (unpaired) electrons. The van der Waals surface area contributed by atoms with Crippen LogP contribution in [0.3, 0.4) is 0 Å². The molecule has 8 N–H and O–H groups in total. The van der Waals surface area contributed by atoms with Crippen LogP contribution in [0.5, 0.6) is 0 Å². The van der Waals surface area contributed by atoms with Crippen molar-refractivity contribution in [1.82, 2.24) is 25.0 Å². The molecular weight excluding hydrogens is 631 g/mol. The van der Waals surface area contributed by atoms with Gasteiger partial charge in [-0.05, 0) is 5.56 Å². The minimum absolute atomic E-state index is 0.0790. The highest BCUT2D eigenvalue weighted by molar-refractivity contribution is 7.66. The molecule has 0 bridgehead atoms. The van der Waals surface area contributed by atoms with Crippen LogP contribution < -0.4 is 11.2 Å². The normalized spacial score (nSPS) is 23.9. The number of aromatic nitrogens is 5. The first-order chi connectivity index (χ1) is 19.5. The van der Waals surface area contributed by atoms with E-state index in [9.17, 15) is 43.3 Å². The van der Waals surface area contributed by atoms with Gasteiger partial charge in [0.25, 0.3) is 5.56 Å². The molecule has 23 heteroatoms. The number of phosphoric acid groups is 3. The van der Waals surface area contributed by atoms with Crippen LogP contribution in [0, 0.1) is 0 Å². The van der Waals surface area contributed by atoms with Crippen molar-refractivity contribution in [3.63, 3.8) is 0 Å². The molecule has 3 unspecified atom stereocenters. The quantitative estimate of drug-likeness (QED) is 0.106. The Hall–Kier alpha value is -2.67. The molecular formula is C19H24N5O15P3. The van der Waals surface area contributed by atoms with Crippen LogP contribution in [0.25, 0.3) is 0 Å². The van der Waals surface area contributed by atoms with Gasteiger partial charge < -0.3 is 39.5 Å². The van der Waals surface area contributed by atoms with Crippen LogP contribution in [0.1, 0.15) is 28.6 Å². The molecule has 2 aromatic heterocycles. The first kappa shape index (κ1) is 32.2. The summed E-state index contributed by atoms with van der Waals surface area (Å²) in [5, 5.41) is 29.1. The first-order valence-corrected chi connectivity index (χ1v) is 16.1. The van der Waals surface area contributed by atoms with Crippen LogP contribution >= 0.6 is 23.5 Å². The lowest BCUT2D eigenvalue weighted by molar-refractivity contribution is -0.0230. The van der Waals surface area contributed by atoms with Crippen LogP contribution in [-0.4, -0.2) is 79.7 Å². The molecule has 0 spiro atoms. The maximum absolute atomic E-state index is 12.8. The minimum atomic E-state index is -5.80. The molecule has 3 aromatic rings. The Morgan fingerprint density at radius 2 is 1.64 bits per heavy atom. The second-order valence-electron chi connectivity index (χ2n) is 8.83. The summed E-state index contributed by atoms with van der Waals surface area (Å²) in [4.78, 5) is 65.3. The van der Waals surface area contributed by atoms with Crippen LogP contribution in [0.2, 0.25) is 0 Å². The van der Waals surface area contributed by atoms with E-state index in [4.69, 9.17) is 14.5 Å². The van der Waals surface area contributed by atoms with E-state index in [1.54, 1.807) is 6.20 Å². The number of phosphoric ester groups is 1. The van der Waals surface area contributed by atoms with Crippen molar-refractivity contribution >= 4 is 23.5 Å². The van der Waals surface area contributed by atoms with Crippen molar-refractivity contribution in [2.45, 2.75) is 37.4 Å². The molecule has 0 saturated carbocycles. The topological polar surface area (TPSA) is 306 Å². The van der Waals surface area contributed by atoms with Crippen molar-refractivity contribution in [2.24, 2.45) is 0 Å². The van der Waals surface area contributed by atoms with E-state index >= 15 is 0 Å². The van der Waals surface area contributed by atoms with Gasteiger partial charge in [-0.15, -0.1) is 5.10 Å². The molecule has 4 rings (SSSR count). The summed E-state index contributed by atoms with van der Waals surface area (Å²) in [5.74, 6) is 0. The fourth-order valence-corrected chi connectivity index (χ4v) is 7.06. The minimum Gasteiger partial charge on any atom is -0.387 e. The monoisotopic (exact) mass is 655 g/mol. The third-order valence-electron chi connectivity index (χ3n) is 5.66. The third-order valence-corrected chi connectivity index (χ3v) is 9.46. The number of hydrogen-bond donors (Lipinski definition) is 8. The molecule has 0 aliphatic carbocycles. The van der Waals surface area contributed by atoms with E-state index in [2.05, 4.69) is 28.4 Å². The lowest BCUT2D eigenvalue weighted by atomic mass is 10.0. The van der Waals surface area contributed by atoms with Gasteiger partial charge in [-0.25, -0.2) is 23.2 Å². The Labute approximate surface area is 234 Å². The van der Waals surface area contributed by atoms with Gasteiger partial charge in [0.15, 0.2) is 0 Å². The van der Waals surface area contributed by atoms with Gasteiger partial charge in [-0.3, -0.25) is 14.3 Å². The zero-order valence-corrected chi connectivity index (χ0v) is 23.6. The number of ether oxygens (including phenoxy) is 1. The summed E-state index contributed by atoms with van der Waals surface area (Å²) in [6, 6.07) is 9.33. The molecule has 1 aromatic carbocycles. The maximum Gasteiger partial charge on any atom is 0.490 e. The molecule has 1 aliphatic heterocycles. The third kappa shape index (κ3) is 8.46. The van der Waals surface area contributed by atoms with Crippen LogP contribution in [0.4, 0.5) is 0 Å². The van der Waals surface area contributed by atoms with E-state index < -0.39 is 65.7 Å². The summed E-state index contributed by atoms with van der Waals surface area (Å²) >= 11 is 0. The van der Waals surface area contributed by atoms with Gasteiger partial charge in [-0.1, -0.05) is 35.5 Å². The Bertz CT molecular complexity index is 1670. The summed E-state index contributed by atoms with van der Waals surface area (Å²) in [6.07, 6.45) is -5.01. The highest BCUT2D eigenvalue weighted by atomic mass is 31.3. The Balaban J connectivity index is 1.49. The molecule has 20 nitrogen and oxygen atoms in total. The van der Waals surface area contributed by atoms with Gasteiger partial charge in [0, 0.05) is 12.6 Å². The zero-order valence-electron chi connectivity index (χ0n) is 20.9. The zero-order chi connectivity index (χ0) is 30.9. The summed E-state index contributed by atoms with van der Waals surface area (Å²) in [7, 11) is -17.0. The number of aromatic amines is 2. The number of aliphatic hydroxyl groups is 2. The van der Waals surface area contributed by atoms with Crippen molar-refractivity contribution < 1.29 is 61.4 Å². The van der Waals surface area contributed by atoms with Crippen molar-refractivity contribution in [2.75, 3.05) is 6.61 Å². The van der Waals surface area contributed by atoms with Crippen molar-refractivity contribution in [3.8, 4) is 0 Å². The van der Waals surface area contributed by atoms with Crippen molar-refractivity contribution in [3.05, 3.63) is 79.9 Å². The fourth-order valence-electron chi connectivity index (χ4n) is 4.03. The predicted molar refractivity (Wildman–Crippen MR) is 135 cm³/mol. The van der Waals surface area contributed by atoms with E-state index in [0.717, 1.165) is 5.56 Å². The van der Waals surface area contributed by atoms with E-state index in [1.165, 1.54) is 4.68 Å². The van der Waals surface area contributed by atoms with Gasteiger partial charge >= 0.3 is 29.2 Å². The second-order valence-corrected chi connectivity index (χ2v) is 13.3. The van der Waals surface area contributed by atoms with Gasteiger partial charge in [-0.2, -0.15) is 8.62 Å². The highest BCUT2D eigenvalue weighted by Crippen LogP contribution is 2.66. The number of nitrogens with zero attached hydrogens (tertiary/aromatic N) is 3.